The molecule has 0 amide bonds. The normalized spacial score (nSPS) is 12.7. The predicted molar refractivity (Wildman–Crippen MR) is 233 cm³/mol. The Morgan fingerprint density at radius 1 is 0.426 bits per heavy atom. The Labute approximate surface area is 334 Å². The van der Waals surface area contributed by atoms with Crippen molar-refractivity contribution in [3.63, 3.8) is 0 Å². The Bertz CT molecular complexity index is 946. The molecule has 0 rings (SSSR count). The van der Waals surface area contributed by atoms with Crippen molar-refractivity contribution in [1.82, 2.24) is 0 Å². The van der Waals surface area contributed by atoms with Crippen LogP contribution in [0.5, 0.6) is 0 Å². The third kappa shape index (κ3) is 42.3. The molecule has 0 aliphatic carbocycles. The molecule has 0 aliphatic heterocycles. The van der Waals surface area contributed by atoms with Crippen LogP contribution in [0, 0.1) is 0 Å². The summed E-state index contributed by atoms with van der Waals surface area (Å²) in [5, 5.41) is 0. The quantitative estimate of drug-likeness (QED) is 0.0353. The van der Waals surface area contributed by atoms with Crippen molar-refractivity contribution in [1.29, 1.82) is 0 Å². The van der Waals surface area contributed by atoms with E-state index in [0.717, 1.165) is 83.5 Å². The molecule has 0 saturated carbocycles. The van der Waals surface area contributed by atoms with Gasteiger partial charge in [0.25, 0.3) is 0 Å². The van der Waals surface area contributed by atoms with E-state index in [0.29, 0.717) is 19.4 Å². The lowest BCUT2D eigenvalue weighted by molar-refractivity contribution is -0.163. The number of carbonyl (C=O) groups is 2. The maximum absolute atomic E-state index is 12.7. The summed E-state index contributed by atoms with van der Waals surface area (Å²) in [4.78, 5) is 25.2. The summed E-state index contributed by atoms with van der Waals surface area (Å²) in [6.45, 7) is 7.58. The van der Waals surface area contributed by atoms with Crippen LogP contribution in [-0.4, -0.2) is 37.9 Å². The molecule has 0 N–H and O–H groups in total. The molecule has 1 atom stereocenters. The van der Waals surface area contributed by atoms with Gasteiger partial charge in [0, 0.05) is 19.4 Å². The van der Waals surface area contributed by atoms with Crippen LogP contribution in [0.15, 0.2) is 60.8 Å². The molecular weight excluding hydrogens is 669 g/mol. The van der Waals surface area contributed by atoms with Gasteiger partial charge in [-0.3, -0.25) is 9.59 Å². The fourth-order valence-electron chi connectivity index (χ4n) is 6.15. The summed E-state index contributed by atoms with van der Waals surface area (Å²) in [6, 6.07) is 0. The first-order chi connectivity index (χ1) is 26.6. The molecule has 0 heterocycles. The van der Waals surface area contributed by atoms with Crippen LogP contribution in [0.25, 0.3) is 0 Å². The first-order valence-electron chi connectivity index (χ1n) is 22.8. The second-order valence-corrected chi connectivity index (χ2v) is 14.9. The smallest absolute Gasteiger partial charge is 0.306 e. The first kappa shape index (κ1) is 51.6. The lowest BCUT2D eigenvalue weighted by atomic mass is 10.1. The summed E-state index contributed by atoms with van der Waals surface area (Å²) in [7, 11) is 0. The summed E-state index contributed by atoms with van der Waals surface area (Å²) in [5.41, 5.74) is 0. The number of esters is 2. The number of hydrogen-bond donors (Lipinski definition) is 0. The van der Waals surface area contributed by atoms with Gasteiger partial charge in [-0.15, -0.1) is 0 Å². The fourth-order valence-corrected chi connectivity index (χ4v) is 6.15. The molecule has 0 radical (unpaired) electrons. The molecule has 0 aromatic carbocycles. The summed E-state index contributed by atoms with van der Waals surface area (Å²) in [5.74, 6) is -0.426. The topological polar surface area (TPSA) is 61.8 Å². The van der Waals surface area contributed by atoms with Crippen LogP contribution in [0.3, 0.4) is 0 Å². The highest BCUT2D eigenvalue weighted by molar-refractivity contribution is 5.70. The molecule has 0 spiro atoms. The van der Waals surface area contributed by atoms with Gasteiger partial charge in [0.2, 0.25) is 0 Å². The second-order valence-electron chi connectivity index (χ2n) is 14.9. The van der Waals surface area contributed by atoms with Crippen molar-refractivity contribution in [3.8, 4) is 0 Å². The van der Waals surface area contributed by atoms with Gasteiger partial charge in [-0.2, -0.15) is 0 Å². The molecule has 0 fully saturated rings. The van der Waals surface area contributed by atoms with Crippen LogP contribution in [0.1, 0.15) is 213 Å². The molecule has 54 heavy (non-hydrogen) atoms. The number of unbranched alkanes of at least 4 members (excludes halogenated alkanes) is 20. The Kier molecular flexibility index (Phi) is 43.0. The van der Waals surface area contributed by atoms with Crippen molar-refractivity contribution < 1.29 is 23.8 Å². The van der Waals surface area contributed by atoms with Crippen LogP contribution in [-0.2, 0) is 23.8 Å². The highest BCUT2D eigenvalue weighted by atomic mass is 16.6. The van der Waals surface area contributed by atoms with Gasteiger partial charge in [-0.05, 0) is 77.0 Å². The zero-order valence-corrected chi connectivity index (χ0v) is 35.7. The maximum Gasteiger partial charge on any atom is 0.306 e. The van der Waals surface area contributed by atoms with E-state index in [1.807, 2.05) is 0 Å². The monoisotopic (exact) mass is 755 g/mol. The second kappa shape index (κ2) is 45.0. The molecule has 0 aromatic rings. The molecule has 0 bridgehead atoms. The number of hydrogen-bond acceptors (Lipinski definition) is 5. The predicted octanol–water partition coefficient (Wildman–Crippen LogP) is 15.0. The Morgan fingerprint density at radius 3 is 1.41 bits per heavy atom. The van der Waals surface area contributed by atoms with Gasteiger partial charge in [0.1, 0.15) is 6.61 Å². The lowest BCUT2D eigenvalue weighted by Crippen LogP contribution is -2.30. The van der Waals surface area contributed by atoms with Gasteiger partial charge in [-0.1, -0.05) is 184 Å². The van der Waals surface area contributed by atoms with E-state index in [1.54, 1.807) is 0 Å². The average Bonchev–Trinajstić information content (AvgIpc) is 3.17. The van der Waals surface area contributed by atoms with E-state index in [4.69, 9.17) is 14.2 Å². The molecule has 1 unspecified atom stereocenters. The van der Waals surface area contributed by atoms with E-state index in [9.17, 15) is 9.59 Å². The minimum Gasteiger partial charge on any atom is -0.462 e. The average molecular weight is 755 g/mol. The molecule has 0 aromatic heterocycles. The minimum atomic E-state index is -0.550. The molecule has 0 aliphatic rings. The van der Waals surface area contributed by atoms with Crippen molar-refractivity contribution in [2.24, 2.45) is 0 Å². The van der Waals surface area contributed by atoms with E-state index in [1.165, 1.54) is 96.3 Å². The highest BCUT2D eigenvalue weighted by Crippen LogP contribution is 2.14. The number of carbonyl (C=O) groups excluding carboxylic acids is 2. The molecular formula is C49H86O5. The maximum atomic E-state index is 12.7. The van der Waals surface area contributed by atoms with Crippen molar-refractivity contribution in [2.75, 3.05) is 19.8 Å². The van der Waals surface area contributed by atoms with Gasteiger partial charge < -0.3 is 14.2 Å². The summed E-state index contributed by atoms with van der Waals surface area (Å²) in [6.07, 6.45) is 55.0. The van der Waals surface area contributed by atoms with Crippen molar-refractivity contribution in [3.05, 3.63) is 60.8 Å². The van der Waals surface area contributed by atoms with Gasteiger partial charge in [-0.25, -0.2) is 0 Å². The third-order valence-corrected chi connectivity index (χ3v) is 9.52. The van der Waals surface area contributed by atoms with Crippen molar-refractivity contribution >= 4 is 11.9 Å². The Morgan fingerprint density at radius 2 is 0.870 bits per heavy atom. The zero-order chi connectivity index (χ0) is 39.3. The highest BCUT2D eigenvalue weighted by Gasteiger charge is 2.17. The lowest BCUT2D eigenvalue weighted by Gasteiger charge is -2.18. The van der Waals surface area contributed by atoms with E-state index in [2.05, 4.69) is 81.5 Å². The minimum absolute atomic E-state index is 0.0692. The third-order valence-electron chi connectivity index (χ3n) is 9.52. The summed E-state index contributed by atoms with van der Waals surface area (Å²) < 4.78 is 17.3. The molecule has 312 valence electrons. The summed E-state index contributed by atoms with van der Waals surface area (Å²) >= 11 is 0. The standard InChI is InChI=1S/C49H86O5/c1-4-7-10-13-16-19-22-24-26-29-32-35-38-41-44-52-45-47(54-49(51)43-40-37-34-31-27-21-18-15-12-9-6-3)46-53-48(50)42-39-36-33-30-28-25-23-20-17-14-11-8-5-2/h7,10-11,14,16,19-20,23-24,26,47H,4-6,8-9,12-13,15,17-18,21-22,25,27-46H2,1-3H3/b10-7-,14-11-,19-16-,23-20-,26-24-. The number of rotatable bonds is 41. The molecule has 5 heteroatoms. The first-order valence-corrected chi connectivity index (χ1v) is 22.8. The van der Waals surface area contributed by atoms with E-state index >= 15 is 0 Å². The van der Waals surface area contributed by atoms with Crippen molar-refractivity contribution in [2.45, 2.75) is 219 Å². The van der Waals surface area contributed by atoms with Gasteiger partial charge >= 0.3 is 11.9 Å². The van der Waals surface area contributed by atoms with Crippen LogP contribution >= 0.6 is 0 Å². The number of ether oxygens (including phenoxy) is 3. The molecule has 5 nitrogen and oxygen atoms in total. The van der Waals surface area contributed by atoms with E-state index < -0.39 is 6.10 Å². The Hall–Kier alpha value is -2.40. The van der Waals surface area contributed by atoms with Gasteiger partial charge in [0.15, 0.2) is 6.10 Å². The van der Waals surface area contributed by atoms with E-state index in [-0.39, 0.29) is 25.2 Å². The SMILES string of the molecule is CC/C=C\C/C=C\C/C=C\CCCCCCOCC(COC(=O)CCCCCCC/C=C\C/C=C\CCC)OC(=O)CCCCCCCCCCCCC. The van der Waals surface area contributed by atoms with Gasteiger partial charge in [0.05, 0.1) is 6.61 Å². The largest absolute Gasteiger partial charge is 0.462 e. The fraction of sp³-hybridized carbons (Fsp3) is 0.755. The Balaban J connectivity index is 4.31. The van der Waals surface area contributed by atoms with Crippen LogP contribution < -0.4 is 0 Å². The van der Waals surface area contributed by atoms with Crippen LogP contribution in [0.2, 0.25) is 0 Å². The van der Waals surface area contributed by atoms with Crippen LogP contribution in [0.4, 0.5) is 0 Å². The molecule has 0 saturated heterocycles. The number of allylic oxidation sites excluding steroid dienone is 10. The zero-order valence-electron chi connectivity index (χ0n) is 35.7.